The SMILES string of the molecule is O=C(/C=C/c1cccc(F)c1)NNC(=O)[C@H]1COc2ccccc2O1. The lowest BCUT2D eigenvalue weighted by molar-refractivity contribution is -0.134. The standard InChI is InChI=1S/C18H15FN2O4/c19-13-5-3-4-12(10-13)8-9-17(22)20-21-18(23)16-11-24-14-6-1-2-7-15(14)25-16/h1-10,16H,11H2,(H,20,22)(H,21,23)/b9-8+/t16-/m1/s1. The van der Waals surface area contributed by atoms with Gasteiger partial charge in [-0.2, -0.15) is 0 Å². The van der Waals surface area contributed by atoms with Crippen molar-refractivity contribution in [3.05, 3.63) is 66.0 Å². The largest absolute Gasteiger partial charge is 0.485 e. The molecular formula is C18H15FN2O4. The van der Waals surface area contributed by atoms with Gasteiger partial charge in [0.2, 0.25) is 6.10 Å². The molecule has 0 saturated heterocycles. The Kier molecular flexibility index (Phi) is 4.94. The molecule has 0 unspecified atom stereocenters. The molecule has 2 aromatic carbocycles. The third-order valence-corrected chi connectivity index (χ3v) is 3.39. The first-order valence-corrected chi connectivity index (χ1v) is 7.54. The molecule has 1 atom stereocenters. The summed E-state index contributed by atoms with van der Waals surface area (Å²) in [5, 5.41) is 0. The van der Waals surface area contributed by atoms with E-state index in [4.69, 9.17) is 9.47 Å². The molecule has 6 nitrogen and oxygen atoms in total. The quantitative estimate of drug-likeness (QED) is 0.659. The molecule has 1 heterocycles. The van der Waals surface area contributed by atoms with E-state index < -0.39 is 23.7 Å². The summed E-state index contributed by atoms with van der Waals surface area (Å²) >= 11 is 0. The van der Waals surface area contributed by atoms with Gasteiger partial charge in [-0.25, -0.2) is 4.39 Å². The zero-order valence-electron chi connectivity index (χ0n) is 13.1. The van der Waals surface area contributed by atoms with Crippen LogP contribution < -0.4 is 20.3 Å². The second-order valence-electron chi connectivity index (χ2n) is 5.23. The van der Waals surface area contributed by atoms with Crippen LogP contribution in [-0.4, -0.2) is 24.5 Å². The number of hydrogen-bond donors (Lipinski definition) is 2. The van der Waals surface area contributed by atoms with Crippen molar-refractivity contribution in [2.24, 2.45) is 0 Å². The average molecular weight is 342 g/mol. The zero-order chi connectivity index (χ0) is 17.6. The first kappa shape index (κ1) is 16.5. The number of carbonyl (C=O) groups excluding carboxylic acids is 2. The number of carbonyl (C=O) groups is 2. The fraction of sp³-hybridized carbons (Fsp3) is 0.111. The van der Waals surface area contributed by atoms with Crippen LogP contribution >= 0.6 is 0 Å². The lowest BCUT2D eigenvalue weighted by atomic mass is 10.2. The number of rotatable bonds is 3. The van der Waals surface area contributed by atoms with E-state index >= 15 is 0 Å². The van der Waals surface area contributed by atoms with Crippen molar-refractivity contribution < 1.29 is 23.5 Å². The monoisotopic (exact) mass is 342 g/mol. The highest BCUT2D eigenvalue weighted by Crippen LogP contribution is 2.30. The minimum absolute atomic E-state index is 0.0395. The van der Waals surface area contributed by atoms with Crippen molar-refractivity contribution in [2.75, 3.05) is 6.61 Å². The third-order valence-electron chi connectivity index (χ3n) is 3.39. The van der Waals surface area contributed by atoms with E-state index in [9.17, 15) is 14.0 Å². The fourth-order valence-corrected chi connectivity index (χ4v) is 2.18. The van der Waals surface area contributed by atoms with E-state index in [1.807, 2.05) is 0 Å². The van der Waals surface area contributed by atoms with Gasteiger partial charge < -0.3 is 9.47 Å². The van der Waals surface area contributed by atoms with Crippen molar-refractivity contribution in [1.82, 2.24) is 10.9 Å². The van der Waals surface area contributed by atoms with Crippen LogP contribution in [0.1, 0.15) is 5.56 Å². The lowest BCUT2D eigenvalue weighted by Crippen LogP contribution is -2.50. The number of hydrazine groups is 1. The predicted octanol–water partition coefficient (Wildman–Crippen LogP) is 1.83. The van der Waals surface area contributed by atoms with Crippen LogP contribution in [0.4, 0.5) is 4.39 Å². The van der Waals surface area contributed by atoms with Crippen molar-refractivity contribution in [3.63, 3.8) is 0 Å². The van der Waals surface area contributed by atoms with E-state index in [1.165, 1.54) is 30.4 Å². The third kappa shape index (κ3) is 4.35. The highest BCUT2D eigenvalue weighted by Gasteiger charge is 2.27. The smallest absolute Gasteiger partial charge is 0.283 e. The Morgan fingerprint density at radius 3 is 2.68 bits per heavy atom. The van der Waals surface area contributed by atoms with Gasteiger partial charge in [-0.15, -0.1) is 0 Å². The zero-order valence-corrected chi connectivity index (χ0v) is 13.1. The van der Waals surface area contributed by atoms with Gasteiger partial charge in [0.1, 0.15) is 12.4 Å². The second kappa shape index (κ2) is 7.48. The molecule has 7 heteroatoms. The number of amides is 2. The van der Waals surface area contributed by atoms with Gasteiger partial charge in [-0.1, -0.05) is 24.3 Å². The number of nitrogens with one attached hydrogen (secondary N) is 2. The Hall–Kier alpha value is -3.35. The Bertz CT molecular complexity index is 822. The number of halogens is 1. The number of fused-ring (bicyclic) bond motifs is 1. The Morgan fingerprint density at radius 1 is 1.08 bits per heavy atom. The molecule has 0 aliphatic carbocycles. The van der Waals surface area contributed by atoms with Gasteiger partial charge in [0.15, 0.2) is 11.5 Å². The van der Waals surface area contributed by atoms with Gasteiger partial charge in [-0.3, -0.25) is 20.4 Å². The van der Waals surface area contributed by atoms with Crippen LogP contribution in [0, 0.1) is 5.82 Å². The van der Waals surface area contributed by atoms with E-state index in [2.05, 4.69) is 10.9 Å². The maximum absolute atomic E-state index is 13.0. The highest BCUT2D eigenvalue weighted by atomic mass is 19.1. The summed E-state index contributed by atoms with van der Waals surface area (Å²) in [6, 6.07) is 12.8. The summed E-state index contributed by atoms with van der Waals surface area (Å²) in [6.07, 6.45) is 1.74. The van der Waals surface area contributed by atoms with Crippen LogP contribution in [-0.2, 0) is 9.59 Å². The lowest BCUT2D eigenvalue weighted by Gasteiger charge is -2.25. The van der Waals surface area contributed by atoms with Crippen molar-refractivity contribution in [3.8, 4) is 11.5 Å². The Labute approximate surface area is 143 Å². The highest BCUT2D eigenvalue weighted by molar-refractivity contribution is 5.93. The van der Waals surface area contributed by atoms with Crippen LogP contribution in [0.25, 0.3) is 6.08 Å². The number of benzene rings is 2. The van der Waals surface area contributed by atoms with E-state index in [-0.39, 0.29) is 6.61 Å². The maximum Gasteiger partial charge on any atom is 0.283 e. The van der Waals surface area contributed by atoms with Crippen LogP contribution in [0.5, 0.6) is 11.5 Å². The Balaban J connectivity index is 1.50. The summed E-state index contributed by atoms with van der Waals surface area (Å²) in [4.78, 5) is 23.7. The van der Waals surface area contributed by atoms with Crippen molar-refractivity contribution in [2.45, 2.75) is 6.10 Å². The molecule has 0 spiro atoms. The second-order valence-corrected chi connectivity index (χ2v) is 5.23. The molecule has 128 valence electrons. The maximum atomic E-state index is 13.0. The van der Waals surface area contributed by atoms with Crippen LogP contribution in [0.15, 0.2) is 54.6 Å². The number of para-hydroxylation sites is 2. The average Bonchev–Trinajstić information content (AvgIpc) is 2.64. The molecule has 25 heavy (non-hydrogen) atoms. The predicted molar refractivity (Wildman–Crippen MR) is 88.1 cm³/mol. The van der Waals surface area contributed by atoms with Gasteiger partial charge in [0.05, 0.1) is 0 Å². The van der Waals surface area contributed by atoms with Crippen molar-refractivity contribution in [1.29, 1.82) is 0 Å². The first-order valence-electron chi connectivity index (χ1n) is 7.54. The van der Waals surface area contributed by atoms with Gasteiger partial charge >= 0.3 is 0 Å². The van der Waals surface area contributed by atoms with Crippen molar-refractivity contribution >= 4 is 17.9 Å². The summed E-state index contributed by atoms with van der Waals surface area (Å²) in [6.45, 7) is 0.0395. The molecule has 0 bridgehead atoms. The van der Waals surface area contributed by atoms with Crippen LogP contribution in [0.3, 0.4) is 0 Å². The summed E-state index contributed by atoms with van der Waals surface area (Å²) in [7, 11) is 0. The summed E-state index contributed by atoms with van der Waals surface area (Å²) in [5.41, 5.74) is 5.03. The summed E-state index contributed by atoms with van der Waals surface area (Å²) in [5.74, 6) is -0.470. The summed E-state index contributed by atoms with van der Waals surface area (Å²) < 4.78 is 24.0. The molecule has 0 radical (unpaired) electrons. The molecule has 1 aliphatic heterocycles. The van der Waals surface area contributed by atoms with Gasteiger partial charge in [0.25, 0.3) is 11.8 Å². The number of ether oxygens (including phenoxy) is 2. The molecule has 0 fully saturated rings. The normalized spacial score (nSPS) is 15.6. The van der Waals surface area contributed by atoms with E-state index in [1.54, 1.807) is 30.3 Å². The minimum atomic E-state index is -0.873. The van der Waals surface area contributed by atoms with Gasteiger partial charge in [0, 0.05) is 6.08 Å². The van der Waals surface area contributed by atoms with Crippen LogP contribution in [0.2, 0.25) is 0 Å². The molecular weight excluding hydrogens is 327 g/mol. The first-order chi connectivity index (χ1) is 12.1. The van der Waals surface area contributed by atoms with E-state index in [0.29, 0.717) is 17.1 Å². The molecule has 0 saturated carbocycles. The molecule has 0 aromatic heterocycles. The van der Waals surface area contributed by atoms with Gasteiger partial charge in [-0.05, 0) is 35.9 Å². The topological polar surface area (TPSA) is 76.7 Å². The Morgan fingerprint density at radius 2 is 1.88 bits per heavy atom. The molecule has 1 aliphatic rings. The molecule has 3 rings (SSSR count). The number of hydrogen-bond acceptors (Lipinski definition) is 4. The molecule has 2 aromatic rings. The molecule has 2 amide bonds. The molecule has 2 N–H and O–H groups in total. The fourth-order valence-electron chi connectivity index (χ4n) is 2.18. The minimum Gasteiger partial charge on any atom is -0.485 e. The van der Waals surface area contributed by atoms with E-state index in [0.717, 1.165) is 0 Å².